The molecule has 0 heterocycles. The molecule has 0 bridgehead atoms. The zero-order valence-electron chi connectivity index (χ0n) is 14.2. The largest absolute Gasteiger partial charge is 0.0654 e. The SMILES string of the molecule is CCCCCC([CH]C(CCCC)CCCC)CCC. The summed E-state index contributed by atoms with van der Waals surface area (Å²) in [6.07, 6.45) is 19.6. The lowest BCUT2D eigenvalue weighted by atomic mass is 9.83. The van der Waals surface area contributed by atoms with Crippen LogP contribution in [0.5, 0.6) is 0 Å². The second kappa shape index (κ2) is 14.4. The Kier molecular flexibility index (Phi) is 14.4. The van der Waals surface area contributed by atoms with Crippen molar-refractivity contribution in [3.8, 4) is 0 Å². The Morgan fingerprint density at radius 1 is 0.526 bits per heavy atom. The molecular formula is C19H39. The van der Waals surface area contributed by atoms with Crippen LogP contribution in [0, 0.1) is 18.3 Å². The van der Waals surface area contributed by atoms with Crippen molar-refractivity contribution in [2.24, 2.45) is 11.8 Å². The summed E-state index contributed by atoms with van der Waals surface area (Å²) in [5.74, 6) is 1.80. The molecule has 0 rings (SSSR count). The summed E-state index contributed by atoms with van der Waals surface area (Å²) in [5, 5.41) is 0. The minimum absolute atomic E-state index is 0.898. The van der Waals surface area contributed by atoms with Gasteiger partial charge in [-0.05, 0) is 18.3 Å². The second-order valence-electron chi connectivity index (χ2n) is 6.28. The Morgan fingerprint density at radius 3 is 1.47 bits per heavy atom. The van der Waals surface area contributed by atoms with E-state index >= 15 is 0 Å². The molecule has 0 aromatic heterocycles. The first kappa shape index (κ1) is 19.0. The van der Waals surface area contributed by atoms with Gasteiger partial charge >= 0.3 is 0 Å². The van der Waals surface area contributed by atoms with Crippen LogP contribution >= 0.6 is 0 Å². The highest BCUT2D eigenvalue weighted by atomic mass is 14.2. The molecule has 0 fully saturated rings. The van der Waals surface area contributed by atoms with E-state index in [-0.39, 0.29) is 0 Å². The maximum atomic E-state index is 2.75. The van der Waals surface area contributed by atoms with Crippen LogP contribution in [0.1, 0.15) is 105 Å². The third-order valence-electron chi connectivity index (χ3n) is 4.24. The van der Waals surface area contributed by atoms with Gasteiger partial charge in [0.2, 0.25) is 0 Å². The van der Waals surface area contributed by atoms with E-state index in [0.717, 1.165) is 11.8 Å². The van der Waals surface area contributed by atoms with Gasteiger partial charge < -0.3 is 0 Å². The molecule has 0 N–H and O–H groups in total. The van der Waals surface area contributed by atoms with E-state index < -0.39 is 0 Å². The normalized spacial score (nSPS) is 13.1. The number of rotatable bonds is 14. The predicted molar refractivity (Wildman–Crippen MR) is 89.4 cm³/mol. The third-order valence-corrected chi connectivity index (χ3v) is 4.24. The molecule has 1 atom stereocenters. The molecule has 0 aromatic carbocycles. The fraction of sp³-hybridized carbons (Fsp3) is 0.947. The van der Waals surface area contributed by atoms with Gasteiger partial charge in [0.1, 0.15) is 0 Å². The van der Waals surface area contributed by atoms with Gasteiger partial charge in [-0.1, -0.05) is 105 Å². The molecule has 0 nitrogen and oxygen atoms in total. The molecule has 0 saturated carbocycles. The molecule has 0 amide bonds. The quantitative estimate of drug-likeness (QED) is 0.292. The number of unbranched alkanes of at least 4 members (excludes halogenated alkanes) is 4. The lowest BCUT2D eigenvalue weighted by molar-refractivity contribution is 0.379. The smallest absolute Gasteiger partial charge is 0.0324 e. The zero-order valence-corrected chi connectivity index (χ0v) is 14.2. The summed E-state index contributed by atoms with van der Waals surface area (Å²) in [4.78, 5) is 0. The van der Waals surface area contributed by atoms with Crippen molar-refractivity contribution in [2.75, 3.05) is 0 Å². The Hall–Kier alpha value is 0. The lowest BCUT2D eigenvalue weighted by Crippen LogP contribution is -2.11. The lowest BCUT2D eigenvalue weighted by Gasteiger charge is -2.23. The molecule has 0 spiro atoms. The van der Waals surface area contributed by atoms with Crippen molar-refractivity contribution in [1.82, 2.24) is 0 Å². The summed E-state index contributed by atoms with van der Waals surface area (Å²) in [6, 6.07) is 0. The van der Waals surface area contributed by atoms with E-state index in [4.69, 9.17) is 0 Å². The topological polar surface area (TPSA) is 0 Å². The van der Waals surface area contributed by atoms with E-state index in [1.165, 1.54) is 77.0 Å². The Morgan fingerprint density at radius 2 is 1.00 bits per heavy atom. The highest BCUT2D eigenvalue weighted by Gasteiger charge is 2.15. The monoisotopic (exact) mass is 267 g/mol. The van der Waals surface area contributed by atoms with Crippen LogP contribution in [0.15, 0.2) is 0 Å². The Balaban J connectivity index is 4.10. The van der Waals surface area contributed by atoms with Crippen molar-refractivity contribution < 1.29 is 0 Å². The molecule has 0 heteroatoms. The summed E-state index contributed by atoms with van der Waals surface area (Å²) in [5.41, 5.74) is 0. The summed E-state index contributed by atoms with van der Waals surface area (Å²) in [7, 11) is 0. The molecule has 1 radical (unpaired) electrons. The summed E-state index contributed by atoms with van der Waals surface area (Å²) < 4.78 is 0. The molecule has 19 heavy (non-hydrogen) atoms. The molecule has 0 aliphatic carbocycles. The van der Waals surface area contributed by atoms with Gasteiger partial charge in [0.15, 0.2) is 0 Å². The van der Waals surface area contributed by atoms with Crippen LogP contribution in [-0.4, -0.2) is 0 Å². The fourth-order valence-electron chi connectivity index (χ4n) is 3.02. The standard InChI is InChI=1S/C19H39/c1-5-9-12-16-18(13-8-4)17-19(14-10-6-2)15-11-7-3/h17-19H,5-16H2,1-4H3. The van der Waals surface area contributed by atoms with Gasteiger partial charge in [-0.25, -0.2) is 0 Å². The molecule has 0 aromatic rings. The first-order valence-electron chi connectivity index (χ1n) is 9.13. The van der Waals surface area contributed by atoms with Crippen LogP contribution in [0.4, 0.5) is 0 Å². The Bertz CT molecular complexity index is 153. The summed E-state index contributed by atoms with van der Waals surface area (Å²) >= 11 is 0. The number of hydrogen-bond donors (Lipinski definition) is 0. The maximum absolute atomic E-state index is 2.75. The Labute approximate surface area is 123 Å². The third kappa shape index (κ3) is 11.5. The minimum atomic E-state index is 0.898. The van der Waals surface area contributed by atoms with Gasteiger partial charge in [0.05, 0.1) is 0 Å². The van der Waals surface area contributed by atoms with Crippen LogP contribution in [0.2, 0.25) is 0 Å². The van der Waals surface area contributed by atoms with Gasteiger partial charge in [-0.3, -0.25) is 0 Å². The zero-order chi connectivity index (χ0) is 14.3. The van der Waals surface area contributed by atoms with Gasteiger partial charge in [0.25, 0.3) is 0 Å². The van der Waals surface area contributed by atoms with Crippen LogP contribution < -0.4 is 0 Å². The highest BCUT2D eigenvalue weighted by molar-refractivity contribution is 4.83. The number of hydrogen-bond acceptors (Lipinski definition) is 0. The van der Waals surface area contributed by atoms with Crippen LogP contribution in [0.3, 0.4) is 0 Å². The molecule has 0 saturated heterocycles. The van der Waals surface area contributed by atoms with E-state index in [9.17, 15) is 0 Å². The highest BCUT2D eigenvalue weighted by Crippen LogP contribution is 2.28. The molecule has 1 unspecified atom stereocenters. The van der Waals surface area contributed by atoms with Gasteiger partial charge in [-0.15, -0.1) is 0 Å². The minimum Gasteiger partial charge on any atom is -0.0654 e. The van der Waals surface area contributed by atoms with E-state index in [1.807, 2.05) is 0 Å². The van der Waals surface area contributed by atoms with E-state index in [1.54, 1.807) is 0 Å². The first-order valence-corrected chi connectivity index (χ1v) is 9.13. The average Bonchev–Trinajstić information content (AvgIpc) is 2.42. The van der Waals surface area contributed by atoms with Gasteiger partial charge in [-0.2, -0.15) is 0 Å². The van der Waals surface area contributed by atoms with Crippen LogP contribution in [-0.2, 0) is 0 Å². The summed E-state index contributed by atoms with van der Waals surface area (Å²) in [6.45, 7) is 9.29. The van der Waals surface area contributed by atoms with Crippen molar-refractivity contribution in [2.45, 2.75) is 105 Å². The molecular weight excluding hydrogens is 228 g/mol. The average molecular weight is 268 g/mol. The van der Waals surface area contributed by atoms with Crippen LogP contribution in [0.25, 0.3) is 0 Å². The molecule has 115 valence electrons. The first-order chi connectivity index (χ1) is 9.28. The maximum Gasteiger partial charge on any atom is -0.0324 e. The van der Waals surface area contributed by atoms with E-state index in [0.29, 0.717) is 0 Å². The second-order valence-corrected chi connectivity index (χ2v) is 6.28. The predicted octanol–water partition coefficient (Wildman–Crippen LogP) is 7.18. The van der Waals surface area contributed by atoms with Crippen molar-refractivity contribution in [3.63, 3.8) is 0 Å². The van der Waals surface area contributed by atoms with Gasteiger partial charge in [0, 0.05) is 0 Å². The molecule has 0 aliphatic heterocycles. The fourth-order valence-corrected chi connectivity index (χ4v) is 3.02. The van der Waals surface area contributed by atoms with Crippen molar-refractivity contribution >= 4 is 0 Å². The molecule has 0 aliphatic rings. The van der Waals surface area contributed by atoms with Crippen molar-refractivity contribution in [3.05, 3.63) is 6.42 Å². The van der Waals surface area contributed by atoms with E-state index in [2.05, 4.69) is 34.1 Å². The van der Waals surface area contributed by atoms with Crippen molar-refractivity contribution in [1.29, 1.82) is 0 Å².